The van der Waals surface area contributed by atoms with Gasteiger partial charge in [0.1, 0.15) is 17.3 Å². The average molecular weight is 338 g/mol. The van der Waals surface area contributed by atoms with Crippen LogP contribution < -0.4 is 14.8 Å². The van der Waals surface area contributed by atoms with Crippen LogP contribution in [-0.4, -0.2) is 26.2 Å². The second-order valence-electron chi connectivity index (χ2n) is 4.80. The SMILES string of the molecule is COc1ccc(CCNC(=O)COc2cccc(F)c2)c(Cl)c1. The van der Waals surface area contributed by atoms with E-state index in [-0.39, 0.29) is 12.5 Å². The van der Waals surface area contributed by atoms with Crippen LogP contribution >= 0.6 is 11.6 Å². The molecule has 23 heavy (non-hydrogen) atoms. The van der Waals surface area contributed by atoms with Gasteiger partial charge in [-0.3, -0.25) is 4.79 Å². The molecular weight excluding hydrogens is 321 g/mol. The Hall–Kier alpha value is -2.27. The molecule has 1 N–H and O–H groups in total. The van der Waals surface area contributed by atoms with Crippen molar-refractivity contribution in [1.29, 1.82) is 0 Å². The zero-order valence-electron chi connectivity index (χ0n) is 12.6. The van der Waals surface area contributed by atoms with Gasteiger partial charge in [0.25, 0.3) is 5.91 Å². The lowest BCUT2D eigenvalue weighted by molar-refractivity contribution is -0.123. The van der Waals surface area contributed by atoms with Gasteiger partial charge in [-0.1, -0.05) is 23.7 Å². The van der Waals surface area contributed by atoms with Gasteiger partial charge in [0, 0.05) is 17.6 Å². The number of carbonyl (C=O) groups is 1. The molecule has 2 aromatic carbocycles. The summed E-state index contributed by atoms with van der Waals surface area (Å²) in [5.41, 5.74) is 0.916. The first-order chi connectivity index (χ1) is 11.1. The number of methoxy groups -OCH3 is 1. The number of ether oxygens (including phenoxy) is 2. The third-order valence-corrected chi connectivity index (χ3v) is 3.49. The molecule has 0 radical (unpaired) electrons. The summed E-state index contributed by atoms with van der Waals surface area (Å²) >= 11 is 6.13. The van der Waals surface area contributed by atoms with Gasteiger partial charge in [-0.05, 0) is 36.2 Å². The van der Waals surface area contributed by atoms with Crippen LogP contribution in [0.15, 0.2) is 42.5 Å². The van der Waals surface area contributed by atoms with Crippen molar-refractivity contribution >= 4 is 17.5 Å². The van der Waals surface area contributed by atoms with Crippen LogP contribution in [0.25, 0.3) is 0 Å². The predicted molar refractivity (Wildman–Crippen MR) is 86.6 cm³/mol. The number of carbonyl (C=O) groups excluding carboxylic acids is 1. The van der Waals surface area contributed by atoms with E-state index in [0.717, 1.165) is 5.56 Å². The van der Waals surface area contributed by atoms with Crippen molar-refractivity contribution in [2.75, 3.05) is 20.3 Å². The minimum atomic E-state index is -0.406. The van der Waals surface area contributed by atoms with Crippen molar-refractivity contribution in [2.45, 2.75) is 6.42 Å². The summed E-state index contributed by atoms with van der Waals surface area (Å²) in [7, 11) is 1.57. The van der Waals surface area contributed by atoms with Crippen LogP contribution in [0.5, 0.6) is 11.5 Å². The lowest BCUT2D eigenvalue weighted by Gasteiger charge is -2.09. The normalized spacial score (nSPS) is 10.2. The van der Waals surface area contributed by atoms with Gasteiger partial charge in [-0.2, -0.15) is 0 Å². The van der Waals surface area contributed by atoms with Gasteiger partial charge < -0.3 is 14.8 Å². The Morgan fingerprint density at radius 3 is 2.74 bits per heavy atom. The number of amides is 1. The van der Waals surface area contributed by atoms with E-state index in [1.165, 1.54) is 18.2 Å². The highest BCUT2D eigenvalue weighted by atomic mass is 35.5. The molecule has 2 aromatic rings. The first-order valence-corrected chi connectivity index (χ1v) is 7.44. The van der Waals surface area contributed by atoms with Crippen molar-refractivity contribution in [3.05, 3.63) is 58.9 Å². The monoisotopic (exact) mass is 337 g/mol. The summed E-state index contributed by atoms with van der Waals surface area (Å²) in [5.74, 6) is 0.320. The van der Waals surface area contributed by atoms with Gasteiger partial charge in [0.05, 0.1) is 7.11 Å². The third-order valence-electron chi connectivity index (χ3n) is 3.14. The Kier molecular flexibility index (Phi) is 6.23. The molecule has 0 aliphatic heterocycles. The van der Waals surface area contributed by atoms with Crippen LogP contribution in [0.3, 0.4) is 0 Å². The quantitative estimate of drug-likeness (QED) is 0.844. The summed E-state index contributed by atoms with van der Waals surface area (Å²) < 4.78 is 23.3. The molecule has 0 fully saturated rings. The standard InChI is InChI=1S/C17H17ClFNO3/c1-22-14-6-5-12(16(18)10-14)7-8-20-17(21)11-23-15-4-2-3-13(19)9-15/h2-6,9-10H,7-8,11H2,1H3,(H,20,21). The Bertz CT molecular complexity index is 679. The van der Waals surface area contributed by atoms with Crippen LogP contribution in [-0.2, 0) is 11.2 Å². The highest BCUT2D eigenvalue weighted by Gasteiger charge is 2.05. The first-order valence-electron chi connectivity index (χ1n) is 7.06. The second kappa shape index (κ2) is 8.39. The predicted octanol–water partition coefficient (Wildman–Crippen LogP) is 3.23. The highest BCUT2D eigenvalue weighted by Crippen LogP contribution is 2.22. The Balaban J connectivity index is 1.74. The van der Waals surface area contributed by atoms with Crippen LogP contribution in [0.1, 0.15) is 5.56 Å². The molecule has 0 aliphatic carbocycles. The topological polar surface area (TPSA) is 47.6 Å². The minimum Gasteiger partial charge on any atom is -0.497 e. The zero-order chi connectivity index (χ0) is 16.7. The Labute approximate surface area is 139 Å². The van der Waals surface area contributed by atoms with Gasteiger partial charge >= 0.3 is 0 Å². The fraction of sp³-hybridized carbons (Fsp3) is 0.235. The maximum Gasteiger partial charge on any atom is 0.257 e. The van der Waals surface area contributed by atoms with E-state index in [4.69, 9.17) is 21.1 Å². The number of nitrogens with one attached hydrogen (secondary N) is 1. The first kappa shape index (κ1) is 17.1. The zero-order valence-corrected chi connectivity index (χ0v) is 13.4. The van der Waals surface area contributed by atoms with Crippen LogP contribution in [0.4, 0.5) is 4.39 Å². The smallest absolute Gasteiger partial charge is 0.257 e. The van der Waals surface area contributed by atoms with Crippen LogP contribution in [0.2, 0.25) is 5.02 Å². The molecule has 0 saturated carbocycles. The molecule has 6 heteroatoms. The molecule has 0 unspecified atom stereocenters. The number of rotatable bonds is 7. The van der Waals surface area contributed by atoms with Gasteiger partial charge in [0.15, 0.2) is 6.61 Å². The summed E-state index contributed by atoms with van der Waals surface area (Å²) in [6.07, 6.45) is 0.592. The van der Waals surface area contributed by atoms with Crippen molar-refractivity contribution in [3.8, 4) is 11.5 Å². The van der Waals surface area contributed by atoms with E-state index in [1.54, 1.807) is 19.2 Å². The van der Waals surface area contributed by atoms with Crippen molar-refractivity contribution < 1.29 is 18.7 Å². The van der Waals surface area contributed by atoms with Gasteiger partial charge in [0.2, 0.25) is 0 Å². The lowest BCUT2D eigenvalue weighted by atomic mass is 10.1. The molecule has 1 amide bonds. The second-order valence-corrected chi connectivity index (χ2v) is 5.21. The molecule has 4 nitrogen and oxygen atoms in total. The molecule has 0 spiro atoms. The minimum absolute atomic E-state index is 0.167. The highest BCUT2D eigenvalue weighted by molar-refractivity contribution is 6.31. The summed E-state index contributed by atoms with van der Waals surface area (Å²) in [6.45, 7) is 0.261. The molecule has 0 heterocycles. The number of hydrogen-bond donors (Lipinski definition) is 1. The molecular formula is C17H17ClFNO3. The van der Waals surface area contributed by atoms with E-state index < -0.39 is 5.82 Å². The van der Waals surface area contributed by atoms with Gasteiger partial charge in [-0.15, -0.1) is 0 Å². The Morgan fingerprint density at radius 1 is 1.22 bits per heavy atom. The van der Waals surface area contributed by atoms with E-state index in [0.29, 0.717) is 29.5 Å². The molecule has 2 rings (SSSR count). The van der Waals surface area contributed by atoms with Crippen LogP contribution in [0, 0.1) is 5.82 Å². The number of hydrogen-bond acceptors (Lipinski definition) is 3. The fourth-order valence-corrected chi connectivity index (χ4v) is 2.22. The number of halogens is 2. The number of benzene rings is 2. The molecule has 0 bridgehead atoms. The van der Waals surface area contributed by atoms with Crippen molar-refractivity contribution in [1.82, 2.24) is 5.32 Å². The van der Waals surface area contributed by atoms with E-state index in [1.807, 2.05) is 12.1 Å². The van der Waals surface area contributed by atoms with E-state index >= 15 is 0 Å². The third kappa shape index (κ3) is 5.45. The van der Waals surface area contributed by atoms with Crippen molar-refractivity contribution in [2.24, 2.45) is 0 Å². The summed E-state index contributed by atoms with van der Waals surface area (Å²) in [6, 6.07) is 11.1. The fourth-order valence-electron chi connectivity index (χ4n) is 1.95. The largest absolute Gasteiger partial charge is 0.497 e. The molecule has 0 aromatic heterocycles. The molecule has 0 saturated heterocycles. The van der Waals surface area contributed by atoms with E-state index in [9.17, 15) is 9.18 Å². The average Bonchev–Trinajstić information content (AvgIpc) is 2.54. The van der Waals surface area contributed by atoms with E-state index in [2.05, 4.69) is 5.32 Å². The van der Waals surface area contributed by atoms with Gasteiger partial charge in [-0.25, -0.2) is 4.39 Å². The summed E-state index contributed by atoms with van der Waals surface area (Å²) in [5, 5.41) is 3.32. The molecule has 0 aliphatic rings. The van der Waals surface area contributed by atoms with Crippen molar-refractivity contribution in [3.63, 3.8) is 0 Å². The maximum atomic E-state index is 13.0. The lowest BCUT2D eigenvalue weighted by Crippen LogP contribution is -2.30. The molecule has 122 valence electrons. The Morgan fingerprint density at radius 2 is 2.04 bits per heavy atom. The molecule has 0 atom stereocenters. The summed E-state index contributed by atoms with van der Waals surface area (Å²) in [4.78, 5) is 11.7. The maximum absolute atomic E-state index is 13.0.